The Bertz CT molecular complexity index is 1290. The van der Waals surface area contributed by atoms with Crippen LogP contribution in [0.5, 0.6) is 17.4 Å². The first-order valence-corrected chi connectivity index (χ1v) is 12.4. The van der Waals surface area contributed by atoms with E-state index in [9.17, 15) is 14.7 Å². The van der Waals surface area contributed by atoms with Crippen LogP contribution in [0.3, 0.4) is 0 Å². The molecule has 1 aliphatic carbocycles. The fraction of sp³-hybridized carbons (Fsp3) is 0.393. The van der Waals surface area contributed by atoms with Crippen LogP contribution < -0.4 is 15.0 Å². The summed E-state index contributed by atoms with van der Waals surface area (Å²) in [7, 11) is 3.03. The van der Waals surface area contributed by atoms with E-state index >= 15 is 0 Å². The first kappa shape index (κ1) is 23.9. The van der Waals surface area contributed by atoms with E-state index < -0.39 is 17.3 Å². The van der Waals surface area contributed by atoms with E-state index in [1.54, 1.807) is 23.1 Å². The second kappa shape index (κ2) is 10.0. The van der Waals surface area contributed by atoms with E-state index in [-0.39, 0.29) is 11.5 Å². The van der Waals surface area contributed by atoms with Crippen molar-refractivity contribution in [3.8, 4) is 23.1 Å². The molecule has 2 aromatic carbocycles. The van der Waals surface area contributed by atoms with Crippen LogP contribution in [0.1, 0.15) is 53.3 Å². The van der Waals surface area contributed by atoms with Crippen LogP contribution in [0.25, 0.3) is 5.69 Å². The van der Waals surface area contributed by atoms with Gasteiger partial charge in [0.15, 0.2) is 5.56 Å². The molecular formula is C28H31N3O5. The normalized spacial score (nSPS) is 17.3. The molecule has 2 fully saturated rings. The number of para-hydroxylation sites is 1. The minimum atomic E-state index is -0.621. The van der Waals surface area contributed by atoms with E-state index in [2.05, 4.69) is 4.98 Å². The lowest BCUT2D eigenvalue weighted by Crippen LogP contribution is -2.37. The maximum atomic E-state index is 14.0. The summed E-state index contributed by atoms with van der Waals surface area (Å²) >= 11 is 0. The largest absolute Gasteiger partial charge is 0.494 e. The number of amides is 1. The fourth-order valence-corrected chi connectivity index (χ4v) is 5.03. The van der Waals surface area contributed by atoms with Gasteiger partial charge in [0.2, 0.25) is 5.88 Å². The zero-order valence-corrected chi connectivity index (χ0v) is 20.6. The smallest absolute Gasteiger partial charge is 0.275 e. The molecule has 1 atom stereocenters. The van der Waals surface area contributed by atoms with E-state index in [0.29, 0.717) is 48.4 Å². The van der Waals surface area contributed by atoms with Crippen LogP contribution in [0.15, 0.2) is 53.3 Å². The second-order valence-corrected chi connectivity index (χ2v) is 9.51. The summed E-state index contributed by atoms with van der Waals surface area (Å²) in [6.45, 7) is 0.974. The maximum absolute atomic E-state index is 14.0. The van der Waals surface area contributed by atoms with Crippen molar-refractivity contribution in [1.82, 2.24) is 14.5 Å². The highest BCUT2D eigenvalue weighted by molar-refractivity contribution is 5.96. The number of rotatable bonds is 8. The summed E-state index contributed by atoms with van der Waals surface area (Å²) < 4.78 is 12.5. The highest BCUT2D eigenvalue weighted by Crippen LogP contribution is 2.36. The molecule has 1 N–H and O–H groups in total. The van der Waals surface area contributed by atoms with Gasteiger partial charge >= 0.3 is 0 Å². The van der Waals surface area contributed by atoms with Crippen molar-refractivity contribution >= 4 is 5.91 Å². The molecule has 3 aromatic rings. The Morgan fingerprint density at radius 1 is 1.03 bits per heavy atom. The van der Waals surface area contributed by atoms with Crippen LogP contribution in [0, 0.1) is 5.92 Å². The zero-order chi connectivity index (χ0) is 25.2. The number of nitrogens with zero attached hydrogens (tertiary/aromatic N) is 3. The average molecular weight is 490 g/mol. The predicted molar refractivity (Wildman–Crippen MR) is 135 cm³/mol. The number of hydrogen-bond donors (Lipinski definition) is 1. The molecule has 1 saturated carbocycles. The minimum Gasteiger partial charge on any atom is -0.494 e. The van der Waals surface area contributed by atoms with Crippen molar-refractivity contribution in [3.63, 3.8) is 0 Å². The topological polar surface area (TPSA) is 93.9 Å². The number of carbonyl (C=O) groups excluding carboxylic acids is 1. The van der Waals surface area contributed by atoms with Crippen LogP contribution in [-0.4, -0.2) is 52.8 Å². The number of benzene rings is 2. The summed E-state index contributed by atoms with van der Waals surface area (Å²) in [5.74, 6) is 0.953. The molecular weight excluding hydrogens is 458 g/mol. The van der Waals surface area contributed by atoms with E-state index in [1.807, 2.05) is 30.3 Å². The lowest BCUT2D eigenvalue weighted by atomic mass is 9.99. The Morgan fingerprint density at radius 3 is 2.36 bits per heavy atom. The third kappa shape index (κ3) is 4.55. The first-order chi connectivity index (χ1) is 17.5. The van der Waals surface area contributed by atoms with Crippen molar-refractivity contribution < 1.29 is 19.4 Å². The van der Waals surface area contributed by atoms with Crippen LogP contribution in [0.4, 0.5) is 0 Å². The molecule has 8 heteroatoms. The molecule has 1 amide bonds. The third-order valence-corrected chi connectivity index (χ3v) is 7.19. The van der Waals surface area contributed by atoms with Gasteiger partial charge in [0.05, 0.1) is 14.2 Å². The zero-order valence-electron chi connectivity index (χ0n) is 20.6. The van der Waals surface area contributed by atoms with Gasteiger partial charge in [-0.15, -0.1) is 0 Å². The molecule has 36 heavy (non-hydrogen) atoms. The van der Waals surface area contributed by atoms with Gasteiger partial charge < -0.3 is 19.5 Å². The van der Waals surface area contributed by atoms with Gasteiger partial charge in [-0.1, -0.05) is 49.2 Å². The summed E-state index contributed by atoms with van der Waals surface area (Å²) in [4.78, 5) is 33.6. The SMILES string of the molecule is COc1cccc(OC)c1-n1c(CCC2CC2)nc(O)c(C(=O)N2CCC(c3ccccc3)C2)c1=O. The highest BCUT2D eigenvalue weighted by Gasteiger charge is 2.34. The summed E-state index contributed by atoms with van der Waals surface area (Å²) in [6, 6.07) is 15.3. The van der Waals surface area contributed by atoms with Crippen LogP contribution in [-0.2, 0) is 6.42 Å². The van der Waals surface area contributed by atoms with E-state index in [0.717, 1.165) is 31.2 Å². The number of aromatic hydroxyl groups is 1. The van der Waals surface area contributed by atoms with E-state index in [1.165, 1.54) is 18.8 Å². The van der Waals surface area contributed by atoms with Crippen LogP contribution >= 0.6 is 0 Å². The van der Waals surface area contributed by atoms with Crippen molar-refractivity contribution in [1.29, 1.82) is 0 Å². The third-order valence-electron chi connectivity index (χ3n) is 7.19. The van der Waals surface area contributed by atoms with Crippen LogP contribution in [0.2, 0.25) is 0 Å². The average Bonchev–Trinajstić information content (AvgIpc) is 3.60. The standard InChI is InChI=1S/C28H31N3O5/c1-35-21-9-6-10-22(36-2)25(21)31-23(14-13-18-11-12-18)29-26(32)24(28(31)34)27(33)30-16-15-20(17-30)19-7-4-3-5-8-19/h3-10,18,20,32H,11-17H2,1-2H3. The number of ether oxygens (including phenoxy) is 2. The Morgan fingerprint density at radius 2 is 1.72 bits per heavy atom. The van der Waals surface area contributed by atoms with Gasteiger partial charge in [0, 0.05) is 25.4 Å². The second-order valence-electron chi connectivity index (χ2n) is 9.51. The number of carbonyl (C=O) groups is 1. The fourth-order valence-electron chi connectivity index (χ4n) is 5.03. The maximum Gasteiger partial charge on any atom is 0.275 e. The Labute approximate surface area is 210 Å². The molecule has 188 valence electrons. The molecule has 0 radical (unpaired) electrons. The molecule has 0 spiro atoms. The molecule has 0 bridgehead atoms. The van der Waals surface area contributed by atoms with Crippen molar-refractivity contribution in [2.75, 3.05) is 27.3 Å². The number of methoxy groups -OCH3 is 2. The molecule has 1 aromatic heterocycles. The van der Waals surface area contributed by atoms with Gasteiger partial charge in [0.25, 0.3) is 11.5 Å². The molecule has 2 heterocycles. The van der Waals surface area contributed by atoms with Crippen molar-refractivity contribution in [2.24, 2.45) is 5.92 Å². The van der Waals surface area contributed by atoms with Crippen molar-refractivity contribution in [3.05, 3.63) is 75.8 Å². The first-order valence-electron chi connectivity index (χ1n) is 12.4. The Kier molecular flexibility index (Phi) is 6.67. The van der Waals surface area contributed by atoms with E-state index in [4.69, 9.17) is 9.47 Å². The van der Waals surface area contributed by atoms with Crippen molar-refractivity contribution in [2.45, 2.75) is 38.0 Å². The highest BCUT2D eigenvalue weighted by atomic mass is 16.5. The lowest BCUT2D eigenvalue weighted by Gasteiger charge is -2.21. The molecule has 8 nitrogen and oxygen atoms in total. The van der Waals surface area contributed by atoms with Gasteiger partial charge in [0.1, 0.15) is 23.0 Å². The quantitative estimate of drug-likeness (QED) is 0.515. The monoisotopic (exact) mass is 489 g/mol. The Hall–Kier alpha value is -3.81. The Balaban J connectivity index is 1.57. The molecule has 2 aliphatic rings. The summed E-state index contributed by atoms with van der Waals surface area (Å²) in [6.07, 6.45) is 4.44. The molecule has 1 aliphatic heterocycles. The molecule has 5 rings (SSSR count). The van der Waals surface area contributed by atoms with Gasteiger partial charge in [-0.05, 0) is 36.5 Å². The van der Waals surface area contributed by atoms with Gasteiger partial charge in [-0.25, -0.2) is 0 Å². The minimum absolute atomic E-state index is 0.180. The summed E-state index contributed by atoms with van der Waals surface area (Å²) in [5.41, 5.74) is 0.585. The number of aryl methyl sites for hydroxylation is 1. The van der Waals surface area contributed by atoms with Gasteiger partial charge in [-0.2, -0.15) is 4.98 Å². The number of aromatic nitrogens is 2. The lowest BCUT2D eigenvalue weighted by molar-refractivity contribution is 0.0784. The van der Waals surface area contributed by atoms with Gasteiger partial charge in [-0.3, -0.25) is 14.2 Å². The molecule has 1 unspecified atom stereocenters. The number of hydrogen-bond acceptors (Lipinski definition) is 6. The molecule has 1 saturated heterocycles. The predicted octanol–water partition coefficient (Wildman–Crippen LogP) is 3.93. The number of likely N-dealkylation sites (tertiary alicyclic amines) is 1. The summed E-state index contributed by atoms with van der Waals surface area (Å²) in [5, 5.41) is 10.9.